The Labute approximate surface area is 117 Å². The summed E-state index contributed by atoms with van der Waals surface area (Å²) in [5, 5.41) is 2.58. The smallest absolute Gasteiger partial charge is 0.326 e. The van der Waals surface area contributed by atoms with Gasteiger partial charge in [-0.25, -0.2) is 9.78 Å². The van der Waals surface area contributed by atoms with Gasteiger partial charge in [0.2, 0.25) is 0 Å². The van der Waals surface area contributed by atoms with Crippen LogP contribution in [-0.2, 0) is 6.54 Å². The summed E-state index contributed by atoms with van der Waals surface area (Å²) in [5.74, 6) is 0.0235. The molecule has 106 valence electrons. The molecule has 0 aliphatic rings. The summed E-state index contributed by atoms with van der Waals surface area (Å²) in [4.78, 5) is 45.7. The first-order valence-electron chi connectivity index (χ1n) is 6.17. The molecule has 0 atom stereocenters. The van der Waals surface area contributed by atoms with E-state index in [0.717, 1.165) is 17.1 Å². The fourth-order valence-electron chi connectivity index (χ4n) is 1.94. The summed E-state index contributed by atoms with van der Waals surface area (Å²) >= 11 is 0. The van der Waals surface area contributed by atoms with Gasteiger partial charge in [0.15, 0.2) is 0 Å². The van der Waals surface area contributed by atoms with E-state index in [-0.39, 0.29) is 12.2 Å². The normalized spacial score (nSPS) is 10.7. The van der Waals surface area contributed by atoms with E-state index in [2.05, 4.69) is 20.3 Å². The van der Waals surface area contributed by atoms with Crippen molar-refractivity contribution in [3.63, 3.8) is 0 Å². The Balaban J connectivity index is 1.76. The molecular weight excluding hydrogens is 274 g/mol. The molecule has 0 saturated carbocycles. The van der Waals surface area contributed by atoms with E-state index in [0.29, 0.717) is 5.82 Å². The van der Waals surface area contributed by atoms with Crippen molar-refractivity contribution >= 4 is 16.9 Å². The number of hydrogen-bond donors (Lipinski definition) is 4. The highest BCUT2D eigenvalue weighted by Crippen LogP contribution is 2.09. The van der Waals surface area contributed by atoms with Crippen LogP contribution < -0.4 is 16.6 Å². The molecule has 2 heterocycles. The number of imidazole rings is 1. The average Bonchev–Trinajstić information content (AvgIpc) is 2.86. The van der Waals surface area contributed by atoms with Crippen molar-refractivity contribution in [2.45, 2.75) is 6.54 Å². The lowest BCUT2D eigenvalue weighted by Gasteiger charge is -2.02. The first-order chi connectivity index (χ1) is 10.1. The van der Waals surface area contributed by atoms with E-state index in [4.69, 9.17) is 0 Å². The second-order valence-corrected chi connectivity index (χ2v) is 4.38. The van der Waals surface area contributed by atoms with E-state index in [1.165, 1.54) is 0 Å². The van der Waals surface area contributed by atoms with Crippen molar-refractivity contribution in [1.29, 1.82) is 0 Å². The van der Waals surface area contributed by atoms with Gasteiger partial charge in [-0.15, -0.1) is 0 Å². The Morgan fingerprint density at radius 2 is 1.95 bits per heavy atom. The third kappa shape index (κ3) is 2.73. The number of amides is 1. The zero-order valence-electron chi connectivity index (χ0n) is 10.8. The van der Waals surface area contributed by atoms with Gasteiger partial charge in [-0.1, -0.05) is 12.1 Å². The Bertz CT molecular complexity index is 860. The zero-order chi connectivity index (χ0) is 14.8. The van der Waals surface area contributed by atoms with Gasteiger partial charge in [0.1, 0.15) is 11.5 Å². The SMILES string of the molecule is O=C(NCc1nc2ccccc2[nH]1)c1cc(=O)[nH]c(=O)[nH]1. The summed E-state index contributed by atoms with van der Waals surface area (Å²) in [7, 11) is 0. The molecule has 21 heavy (non-hydrogen) atoms. The minimum Gasteiger partial charge on any atom is -0.344 e. The fourth-order valence-corrected chi connectivity index (χ4v) is 1.94. The second kappa shape index (κ2) is 5.08. The summed E-state index contributed by atoms with van der Waals surface area (Å²) in [5.41, 5.74) is 0.210. The first kappa shape index (κ1) is 12.9. The minimum atomic E-state index is -0.726. The largest absolute Gasteiger partial charge is 0.344 e. The lowest BCUT2D eigenvalue weighted by molar-refractivity contribution is 0.0944. The molecule has 0 aliphatic carbocycles. The van der Waals surface area contributed by atoms with Gasteiger partial charge in [0, 0.05) is 6.07 Å². The number of benzene rings is 1. The van der Waals surface area contributed by atoms with Gasteiger partial charge >= 0.3 is 5.69 Å². The molecule has 4 N–H and O–H groups in total. The van der Waals surface area contributed by atoms with Crippen molar-refractivity contribution < 1.29 is 4.79 Å². The molecule has 0 aliphatic heterocycles. The lowest BCUT2D eigenvalue weighted by atomic mass is 10.3. The van der Waals surface area contributed by atoms with Crippen molar-refractivity contribution in [2.75, 3.05) is 0 Å². The van der Waals surface area contributed by atoms with E-state index < -0.39 is 17.2 Å². The zero-order valence-corrected chi connectivity index (χ0v) is 10.8. The molecular formula is C13H11N5O3. The van der Waals surface area contributed by atoms with Gasteiger partial charge in [0.05, 0.1) is 17.6 Å². The van der Waals surface area contributed by atoms with Crippen LogP contribution in [0.3, 0.4) is 0 Å². The molecule has 0 bridgehead atoms. The topological polar surface area (TPSA) is 123 Å². The molecule has 2 aromatic heterocycles. The minimum absolute atomic E-state index is 0.0974. The molecule has 3 rings (SSSR count). The maximum atomic E-state index is 11.9. The van der Waals surface area contributed by atoms with Gasteiger partial charge < -0.3 is 15.3 Å². The maximum Gasteiger partial charge on any atom is 0.326 e. The standard InChI is InChI=1S/C13H11N5O3/c19-11-5-9(17-13(21)18-11)12(20)14-6-10-15-7-3-1-2-4-8(7)16-10/h1-5H,6H2,(H,14,20)(H,15,16)(H2,17,18,19,21). The average molecular weight is 285 g/mol. The summed E-state index contributed by atoms with van der Waals surface area (Å²) in [6.45, 7) is 0.155. The van der Waals surface area contributed by atoms with Gasteiger partial charge in [-0.05, 0) is 12.1 Å². The molecule has 0 fully saturated rings. The Morgan fingerprint density at radius 1 is 1.14 bits per heavy atom. The number of para-hydroxylation sites is 2. The van der Waals surface area contributed by atoms with Crippen LogP contribution in [0.15, 0.2) is 39.9 Å². The molecule has 1 amide bonds. The number of hydrogen-bond acceptors (Lipinski definition) is 4. The van der Waals surface area contributed by atoms with Crippen LogP contribution in [0, 0.1) is 0 Å². The van der Waals surface area contributed by atoms with Crippen molar-refractivity contribution in [3.05, 3.63) is 62.7 Å². The number of fused-ring (bicyclic) bond motifs is 1. The monoisotopic (exact) mass is 285 g/mol. The fraction of sp³-hybridized carbons (Fsp3) is 0.0769. The predicted molar refractivity (Wildman–Crippen MR) is 74.9 cm³/mol. The molecule has 0 radical (unpaired) electrons. The predicted octanol–water partition coefficient (Wildman–Crippen LogP) is -0.131. The molecule has 0 saturated heterocycles. The van der Waals surface area contributed by atoms with Crippen LogP contribution in [0.1, 0.15) is 16.3 Å². The summed E-state index contributed by atoms with van der Waals surface area (Å²) in [6, 6.07) is 8.50. The number of carbonyl (C=O) groups is 1. The third-order valence-electron chi connectivity index (χ3n) is 2.86. The Kier molecular flexibility index (Phi) is 3.11. The lowest BCUT2D eigenvalue weighted by Crippen LogP contribution is -2.30. The molecule has 8 nitrogen and oxygen atoms in total. The van der Waals surface area contributed by atoms with Gasteiger partial charge in [0.25, 0.3) is 11.5 Å². The van der Waals surface area contributed by atoms with Crippen LogP contribution >= 0.6 is 0 Å². The highest BCUT2D eigenvalue weighted by molar-refractivity contribution is 5.92. The number of nitrogens with zero attached hydrogens (tertiary/aromatic N) is 1. The maximum absolute atomic E-state index is 11.9. The van der Waals surface area contributed by atoms with E-state index in [9.17, 15) is 14.4 Å². The number of H-pyrrole nitrogens is 3. The van der Waals surface area contributed by atoms with Crippen molar-refractivity contribution in [3.8, 4) is 0 Å². The highest BCUT2D eigenvalue weighted by Gasteiger charge is 2.09. The molecule has 0 spiro atoms. The van der Waals surface area contributed by atoms with E-state index in [1.54, 1.807) is 0 Å². The molecule has 1 aromatic carbocycles. The molecule has 3 aromatic rings. The Morgan fingerprint density at radius 3 is 2.71 bits per heavy atom. The quantitative estimate of drug-likeness (QED) is 0.535. The summed E-state index contributed by atoms with van der Waals surface area (Å²) in [6.07, 6.45) is 0. The second-order valence-electron chi connectivity index (χ2n) is 4.38. The number of nitrogens with one attached hydrogen (secondary N) is 4. The van der Waals surface area contributed by atoms with E-state index in [1.807, 2.05) is 29.2 Å². The molecule has 8 heteroatoms. The van der Waals surface area contributed by atoms with Crippen LogP contribution in [0.25, 0.3) is 11.0 Å². The van der Waals surface area contributed by atoms with Crippen molar-refractivity contribution in [1.82, 2.24) is 25.3 Å². The van der Waals surface area contributed by atoms with E-state index >= 15 is 0 Å². The number of aromatic amines is 3. The molecule has 0 unspecified atom stereocenters. The number of carbonyl (C=O) groups excluding carboxylic acids is 1. The van der Waals surface area contributed by atoms with Gasteiger partial charge in [-0.3, -0.25) is 14.6 Å². The van der Waals surface area contributed by atoms with Crippen LogP contribution in [0.2, 0.25) is 0 Å². The van der Waals surface area contributed by atoms with Crippen molar-refractivity contribution in [2.24, 2.45) is 0 Å². The first-order valence-corrected chi connectivity index (χ1v) is 6.17. The third-order valence-corrected chi connectivity index (χ3v) is 2.86. The van der Waals surface area contributed by atoms with Gasteiger partial charge in [-0.2, -0.15) is 0 Å². The van der Waals surface area contributed by atoms with Crippen LogP contribution in [0.5, 0.6) is 0 Å². The number of rotatable bonds is 3. The Hall–Kier alpha value is -3.16. The number of aromatic nitrogens is 4. The highest BCUT2D eigenvalue weighted by atomic mass is 16.2. The summed E-state index contributed by atoms with van der Waals surface area (Å²) < 4.78 is 0. The van der Waals surface area contributed by atoms with Crippen LogP contribution in [-0.4, -0.2) is 25.8 Å². The van der Waals surface area contributed by atoms with Crippen LogP contribution in [0.4, 0.5) is 0 Å².